The van der Waals surface area contributed by atoms with Gasteiger partial charge in [0, 0.05) is 36.4 Å². The molecule has 0 radical (unpaired) electrons. The molecule has 0 heterocycles. The zero-order valence-electron chi connectivity index (χ0n) is 10.2. The molecule has 15 heavy (non-hydrogen) atoms. The van der Waals surface area contributed by atoms with Crippen LogP contribution in [-0.4, -0.2) is 29.9 Å². The molecule has 0 saturated carbocycles. The summed E-state index contributed by atoms with van der Waals surface area (Å²) >= 11 is 0. The summed E-state index contributed by atoms with van der Waals surface area (Å²) in [4.78, 5) is 11.3. The Morgan fingerprint density at radius 3 is 2.27 bits per heavy atom. The van der Waals surface area contributed by atoms with E-state index in [4.69, 9.17) is 0 Å². The number of hydrogen-bond donors (Lipinski definition) is 1. The van der Waals surface area contributed by atoms with Crippen molar-refractivity contribution in [3.8, 4) is 0 Å². The van der Waals surface area contributed by atoms with Crippen LogP contribution < -0.4 is 5.32 Å². The van der Waals surface area contributed by atoms with Gasteiger partial charge in [0.1, 0.15) is 5.78 Å². The molecule has 0 fully saturated rings. The summed E-state index contributed by atoms with van der Waals surface area (Å²) in [7, 11) is 3.66. The van der Waals surface area contributed by atoms with Crippen molar-refractivity contribution >= 4 is 27.4 Å². The van der Waals surface area contributed by atoms with Gasteiger partial charge in [-0.2, -0.15) is 0 Å². The Kier molecular flexibility index (Phi) is 9.76. The highest BCUT2D eigenvalue weighted by Crippen LogP contribution is 2.21. The Labute approximate surface area is 102 Å². The molecular formula is C11H23NOS2. The fraction of sp³-hybridized carbons (Fsp3) is 0.909. The zero-order valence-corrected chi connectivity index (χ0v) is 11.8. The maximum atomic E-state index is 11.3. The predicted molar refractivity (Wildman–Crippen MR) is 72.5 cm³/mol. The Morgan fingerprint density at radius 2 is 1.73 bits per heavy atom. The Bertz CT molecular complexity index is 172. The minimum Gasteiger partial charge on any atom is -0.314 e. The summed E-state index contributed by atoms with van der Waals surface area (Å²) in [6.45, 7) is 9.28. The van der Waals surface area contributed by atoms with E-state index in [0.717, 1.165) is 18.1 Å². The Hall–Kier alpha value is 0.330. The van der Waals surface area contributed by atoms with Gasteiger partial charge in [-0.3, -0.25) is 4.79 Å². The van der Waals surface area contributed by atoms with E-state index >= 15 is 0 Å². The topological polar surface area (TPSA) is 29.1 Å². The molecule has 0 aliphatic carbocycles. The summed E-state index contributed by atoms with van der Waals surface area (Å²) < 4.78 is 0. The lowest BCUT2D eigenvalue weighted by atomic mass is 10.1. The number of nitrogens with one attached hydrogen (secondary N) is 1. The third-order valence-corrected chi connectivity index (χ3v) is 4.31. The predicted octanol–water partition coefficient (Wildman–Crippen LogP) is 2.98. The molecule has 0 aliphatic rings. The van der Waals surface area contributed by atoms with Crippen LogP contribution in [0, 0.1) is 5.92 Å². The first-order valence-electron chi connectivity index (χ1n) is 5.54. The van der Waals surface area contributed by atoms with Crippen molar-refractivity contribution in [1.82, 2.24) is 5.32 Å². The molecular weight excluding hydrogens is 226 g/mol. The first-order valence-corrected chi connectivity index (χ1v) is 8.03. The molecule has 1 N–H and O–H groups in total. The largest absolute Gasteiger partial charge is 0.314 e. The van der Waals surface area contributed by atoms with Gasteiger partial charge in [-0.15, -0.1) is 0 Å². The highest BCUT2D eigenvalue weighted by molar-refractivity contribution is 8.76. The Balaban J connectivity index is 3.15. The van der Waals surface area contributed by atoms with Crippen LogP contribution in [-0.2, 0) is 4.79 Å². The average Bonchev–Trinajstić information content (AvgIpc) is 2.15. The van der Waals surface area contributed by atoms with Crippen molar-refractivity contribution < 1.29 is 4.79 Å². The SMILES string of the molecule is CC(C)NCCSSCCC(=O)C(C)C. The maximum Gasteiger partial charge on any atom is 0.136 e. The van der Waals surface area contributed by atoms with Crippen molar-refractivity contribution in [2.45, 2.75) is 40.2 Å². The van der Waals surface area contributed by atoms with Crippen LogP contribution in [0.4, 0.5) is 0 Å². The van der Waals surface area contributed by atoms with Gasteiger partial charge in [-0.05, 0) is 0 Å². The Morgan fingerprint density at radius 1 is 1.13 bits per heavy atom. The molecule has 0 bridgehead atoms. The average molecular weight is 249 g/mol. The van der Waals surface area contributed by atoms with Crippen LogP contribution in [0.1, 0.15) is 34.1 Å². The van der Waals surface area contributed by atoms with Gasteiger partial charge in [0.05, 0.1) is 0 Å². The molecule has 4 heteroatoms. The van der Waals surface area contributed by atoms with E-state index < -0.39 is 0 Å². The molecule has 0 aromatic rings. The quantitative estimate of drug-likeness (QED) is 0.502. The normalized spacial score (nSPS) is 11.3. The van der Waals surface area contributed by atoms with Gasteiger partial charge in [0.15, 0.2) is 0 Å². The molecule has 0 aliphatic heterocycles. The molecule has 0 unspecified atom stereocenters. The monoisotopic (exact) mass is 249 g/mol. The van der Waals surface area contributed by atoms with Gasteiger partial charge < -0.3 is 5.32 Å². The summed E-state index contributed by atoms with van der Waals surface area (Å²) in [6, 6.07) is 0.568. The van der Waals surface area contributed by atoms with Crippen molar-refractivity contribution in [3.63, 3.8) is 0 Å². The van der Waals surface area contributed by atoms with Crippen LogP contribution in [0.5, 0.6) is 0 Å². The summed E-state index contributed by atoms with van der Waals surface area (Å²) in [5.41, 5.74) is 0. The lowest BCUT2D eigenvalue weighted by Gasteiger charge is -2.07. The summed E-state index contributed by atoms with van der Waals surface area (Å²) in [5.74, 6) is 2.63. The molecule has 0 atom stereocenters. The molecule has 0 aromatic heterocycles. The number of carbonyl (C=O) groups is 1. The second kappa shape index (κ2) is 9.55. The highest BCUT2D eigenvalue weighted by atomic mass is 33.1. The van der Waals surface area contributed by atoms with E-state index in [1.165, 1.54) is 0 Å². The molecule has 0 saturated heterocycles. The lowest BCUT2D eigenvalue weighted by molar-refractivity contribution is -0.121. The van der Waals surface area contributed by atoms with Gasteiger partial charge in [-0.1, -0.05) is 49.3 Å². The van der Waals surface area contributed by atoms with Crippen LogP contribution >= 0.6 is 21.6 Å². The van der Waals surface area contributed by atoms with Crippen LogP contribution in [0.3, 0.4) is 0 Å². The number of hydrogen-bond acceptors (Lipinski definition) is 4. The molecule has 0 amide bonds. The van der Waals surface area contributed by atoms with E-state index in [1.54, 1.807) is 10.8 Å². The number of rotatable bonds is 9. The van der Waals surface area contributed by atoms with Gasteiger partial charge in [-0.25, -0.2) is 0 Å². The summed E-state index contributed by atoms with van der Waals surface area (Å²) in [6.07, 6.45) is 0.715. The van der Waals surface area contributed by atoms with Crippen LogP contribution in [0.2, 0.25) is 0 Å². The van der Waals surface area contributed by atoms with Crippen molar-refractivity contribution in [2.75, 3.05) is 18.1 Å². The van der Waals surface area contributed by atoms with Crippen molar-refractivity contribution in [3.05, 3.63) is 0 Å². The smallest absolute Gasteiger partial charge is 0.136 e. The molecule has 0 aromatic carbocycles. The van der Waals surface area contributed by atoms with Crippen LogP contribution in [0.15, 0.2) is 0 Å². The van der Waals surface area contributed by atoms with Gasteiger partial charge in [0.25, 0.3) is 0 Å². The second-order valence-electron chi connectivity index (χ2n) is 4.12. The van der Waals surface area contributed by atoms with Gasteiger partial charge >= 0.3 is 0 Å². The maximum absolute atomic E-state index is 11.3. The minimum absolute atomic E-state index is 0.193. The van der Waals surface area contributed by atoms with Crippen molar-refractivity contribution in [1.29, 1.82) is 0 Å². The molecule has 0 rings (SSSR count). The highest BCUT2D eigenvalue weighted by Gasteiger charge is 2.06. The van der Waals surface area contributed by atoms with Gasteiger partial charge in [0.2, 0.25) is 0 Å². The molecule has 90 valence electrons. The van der Waals surface area contributed by atoms with E-state index in [9.17, 15) is 4.79 Å². The third kappa shape index (κ3) is 10.6. The van der Waals surface area contributed by atoms with E-state index in [-0.39, 0.29) is 5.92 Å². The fourth-order valence-electron chi connectivity index (χ4n) is 0.938. The summed E-state index contributed by atoms with van der Waals surface area (Å²) in [5, 5.41) is 3.36. The fourth-order valence-corrected chi connectivity index (χ4v) is 2.87. The second-order valence-corrected chi connectivity index (χ2v) is 6.83. The first-order chi connectivity index (χ1) is 7.04. The first kappa shape index (κ1) is 15.3. The lowest BCUT2D eigenvalue weighted by Crippen LogP contribution is -2.24. The molecule has 0 spiro atoms. The third-order valence-electron chi connectivity index (χ3n) is 1.90. The van der Waals surface area contributed by atoms with E-state index in [1.807, 2.05) is 24.6 Å². The van der Waals surface area contributed by atoms with E-state index in [2.05, 4.69) is 19.2 Å². The number of ketones is 1. The van der Waals surface area contributed by atoms with Crippen molar-refractivity contribution in [2.24, 2.45) is 5.92 Å². The standard InChI is InChI=1S/C11H23NOS2/c1-9(2)11(13)5-7-14-15-8-6-12-10(3)4/h9-10,12H,5-8H2,1-4H3. The van der Waals surface area contributed by atoms with Crippen LogP contribution in [0.25, 0.3) is 0 Å². The number of carbonyl (C=O) groups excluding carboxylic acids is 1. The molecule has 2 nitrogen and oxygen atoms in total. The van der Waals surface area contributed by atoms with E-state index in [0.29, 0.717) is 18.2 Å². The number of Topliss-reactive ketones (excluding diaryl/α,β-unsaturated/α-hetero) is 1. The zero-order chi connectivity index (χ0) is 11.7. The minimum atomic E-state index is 0.193.